The summed E-state index contributed by atoms with van der Waals surface area (Å²) < 4.78 is 24.6. The molecule has 0 bridgehead atoms. The molecule has 0 saturated heterocycles. The molecule has 0 spiro atoms. The highest BCUT2D eigenvalue weighted by Gasteiger charge is 2.13. The van der Waals surface area contributed by atoms with Crippen molar-refractivity contribution in [3.8, 4) is 11.3 Å². The first-order chi connectivity index (χ1) is 7.88. The van der Waals surface area contributed by atoms with Gasteiger partial charge in [-0.05, 0) is 18.6 Å². The van der Waals surface area contributed by atoms with Crippen molar-refractivity contribution in [3.63, 3.8) is 0 Å². The summed E-state index contributed by atoms with van der Waals surface area (Å²) in [7, 11) is -1.84. The second kappa shape index (κ2) is 3.97. The van der Waals surface area contributed by atoms with E-state index in [4.69, 9.17) is 5.14 Å². The average Bonchev–Trinajstić information content (AvgIpc) is 2.64. The number of nitrogens with zero attached hydrogens (tertiary/aromatic N) is 2. The zero-order chi connectivity index (χ0) is 12.6. The van der Waals surface area contributed by atoms with Crippen LogP contribution in [0.1, 0.15) is 5.56 Å². The minimum Gasteiger partial charge on any atom is -0.340 e. The number of benzene rings is 1. The molecule has 0 fully saturated rings. The second-order valence-electron chi connectivity index (χ2n) is 3.95. The minimum atomic E-state index is -3.69. The molecule has 90 valence electrons. The predicted molar refractivity (Wildman–Crippen MR) is 64.8 cm³/mol. The van der Waals surface area contributed by atoms with Crippen LogP contribution >= 0.6 is 0 Å². The number of aromatic nitrogens is 2. The van der Waals surface area contributed by atoms with Crippen LogP contribution in [0.15, 0.2) is 35.6 Å². The van der Waals surface area contributed by atoms with Crippen molar-refractivity contribution in [2.75, 3.05) is 0 Å². The molecule has 0 aliphatic rings. The lowest BCUT2D eigenvalue weighted by Crippen LogP contribution is -2.13. The molecule has 1 aromatic heterocycles. The SMILES string of the molecule is Cc1ccc(-c2cn(C)cn2)cc1S(N)(=O)=O. The van der Waals surface area contributed by atoms with Gasteiger partial charge in [-0.3, -0.25) is 0 Å². The zero-order valence-electron chi connectivity index (χ0n) is 9.58. The fourth-order valence-electron chi connectivity index (χ4n) is 1.63. The van der Waals surface area contributed by atoms with Crippen molar-refractivity contribution in [3.05, 3.63) is 36.3 Å². The Bertz CT molecular complexity index is 659. The Kier molecular flexibility index (Phi) is 2.76. The van der Waals surface area contributed by atoms with Crippen LogP contribution in [-0.2, 0) is 17.1 Å². The molecule has 0 aliphatic heterocycles. The third kappa shape index (κ3) is 2.37. The van der Waals surface area contributed by atoms with E-state index in [-0.39, 0.29) is 4.90 Å². The Balaban J connectivity index is 2.59. The number of sulfonamides is 1. The van der Waals surface area contributed by atoms with Crippen LogP contribution in [0.4, 0.5) is 0 Å². The molecule has 0 unspecified atom stereocenters. The number of hydrogen-bond donors (Lipinski definition) is 1. The van der Waals surface area contributed by atoms with E-state index in [9.17, 15) is 8.42 Å². The van der Waals surface area contributed by atoms with Gasteiger partial charge < -0.3 is 4.57 Å². The van der Waals surface area contributed by atoms with Gasteiger partial charge in [0.05, 0.1) is 16.9 Å². The van der Waals surface area contributed by atoms with Gasteiger partial charge in [0.1, 0.15) is 0 Å². The topological polar surface area (TPSA) is 78.0 Å². The van der Waals surface area contributed by atoms with Gasteiger partial charge in [-0.15, -0.1) is 0 Å². The molecular weight excluding hydrogens is 238 g/mol. The zero-order valence-corrected chi connectivity index (χ0v) is 10.4. The maximum absolute atomic E-state index is 11.4. The van der Waals surface area contributed by atoms with Gasteiger partial charge in [0.25, 0.3) is 0 Å². The molecule has 2 N–H and O–H groups in total. The number of aryl methyl sites for hydroxylation is 2. The summed E-state index contributed by atoms with van der Waals surface area (Å²) in [4.78, 5) is 4.31. The third-order valence-corrected chi connectivity index (χ3v) is 3.55. The quantitative estimate of drug-likeness (QED) is 0.866. The van der Waals surface area contributed by atoms with E-state index < -0.39 is 10.0 Å². The van der Waals surface area contributed by atoms with Crippen molar-refractivity contribution in [1.82, 2.24) is 9.55 Å². The molecule has 0 atom stereocenters. The third-order valence-electron chi connectivity index (χ3n) is 2.50. The van der Waals surface area contributed by atoms with Crippen LogP contribution in [0.25, 0.3) is 11.3 Å². The van der Waals surface area contributed by atoms with Crippen LogP contribution < -0.4 is 5.14 Å². The van der Waals surface area contributed by atoms with Crippen LogP contribution in [0.3, 0.4) is 0 Å². The molecule has 5 nitrogen and oxygen atoms in total. The van der Waals surface area contributed by atoms with Crippen molar-refractivity contribution in [2.24, 2.45) is 12.2 Å². The maximum atomic E-state index is 11.4. The highest BCUT2D eigenvalue weighted by Crippen LogP contribution is 2.22. The maximum Gasteiger partial charge on any atom is 0.238 e. The largest absolute Gasteiger partial charge is 0.340 e. The standard InChI is InChI=1S/C11H13N3O2S/c1-8-3-4-9(5-11(8)17(12,15)16)10-6-14(2)7-13-10/h3-7H,1-2H3,(H2,12,15,16). The fraction of sp³-hybridized carbons (Fsp3) is 0.182. The molecule has 2 aromatic rings. The summed E-state index contributed by atoms with van der Waals surface area (Å²) >= 11 is 0. The van der Waals surface area contributed by atoms with Crippen LogP contribution in [-0.4, -0.2) is 18.0 Å². The molecule has 1 heterocycles. The van der Waals surface area contributed by atoms with E-state index in [1.54, 1.807) is 30.0 Å². The summed E-state index contributed by atoms with van der Waals surface area (Å²) in [5, 5.41) is 5.16. The molecule has 0 amide bonds. The molecule has 0 aliphatic carbocycles. The molecule has 0 saturated carbocycles. The number of nitrogens with two attached hydrogens (primary N) is 1. The summed E-state index contributed by atoms with van der Waals surface area (Å²) in [6.45, 7) is 1.71. The number of primary sulfonamides is 1. The molecule has 17 heavy (non-hydrogen) atoms. The Labute approximate surface area is 100.0 Å². The number of hydrogen-bond acceptors (Lipinski definition) is 3. The Hall–Kier alpha value is -1.66. The lowest BCUT2D eigenvalue weighted by molar-refractivity contribution is 0.597. The van der Waals surface area contributed by atoms with Crippen molar-refractivity contribution < 1.29 is 8.42 Å². The summed E-state index contributed by atoms with van der Waals surface area (Å²) in [5.41, 5.74) is 2.09. The highest BCUT2D eigenvalue weighted by molar-refractivity contribution is 7.89. The first kappa shape index (κ1) is 11.8. The van der Waals surface area contributed by atoms with E-state index in [1.807, 2.05) is 19.3 Å². The summed E-state index contributed by atoms with van der Waals surface area (Å²) in [6.07, 6.45) is 3.48. The second-order valence-corrected chi connectivity index (χ2v) is 5.48. The predicted octanol–water partition coefficient (Wildman–Crippen LogP) is 1.04. The molecular formula is C11H13N3O2S. The lowest BCUT2D eigenvalue weighted by atomic mass is 10.1. The van der Waals surface area contributed by atoms with Crippen molar-refractivity contribution >= 4 is 10.0 Å². The first-order valence-electron chi connectivity index (χ1n) is 5.00. The van der Waals surface area contributed by atoms with E-state index in [1.165, 1.54) is 0 Å². The molecule has 6 heteroatoms. The highest BCUT2D eigenvalue weighted by atomic mass is 32.2. The van der Waals surface area contributed by atoms with Crippen LogP contribution in [0.5, 0.6) is 0 Å². The van der Waals surface area contributed by atoms with Gasteiger partial charge in [0, 0.05) is 18.8 Å². The normalized spacial score (nSPS) is 11.7. The van der Waals surface area contributed by atoms with E-state index >= 15 is 0 Å². The van der Waals surface area contributed by atoms with Gasteiger partial charge in [-0.25, -0.2) is 18.5 Å². The van der Waals surface area contributed by atoms with Gasteiger partial charge in [0.15, 0.2) is 0 Å². The smallest absolute Gasteiger partial charge is 0.238 e. The monoisotopic (exact) mass is 251 g/mol. The van der Waals surface area contributed by atoms with Crippen LogP contribution in [0, 0.1) is 6.92 Å². The van der Waals surface area contributed by atoms with Gasteiger partial charge >= 0.3 is 0 Å². The van der Waals surface area contributed by atoms with Gasteiger partial charge in [-0.1, -0.05) is 12.1 Å². The van der Waals surface area contributed by atoms with Gasteiger partial charge in [-0.2, -0.15) is 0 Å². The van der Waals surface area contributed by atoms with E-state index in [0.29, 0.717) is 5.56 Å². The van der Waals surface area contributed by atoms with E-state index in [0.717, 1.165) is 11.3 Å². The Morgan fingerprint density at radius 1 is 1.35 bits per heavy atom. The molecule has 2 rings (SSSR count). The van der Waals surface area contributed by atoms with Gasteiger partial charge in [0.2, 0.25) is 10.0 Å². The fourth-order valence-corrected chi connectivity index (χ4v) is 2.44. The van der Waals surface area contributed by atoms with Crippen molar-refractivity contribution in [1.29, 1.82) is 0 Å². The lowest BCUT2D eigenvalue weighted by Gasteiger charge is -2.05. The van der Waals surface area contributed by atoms with E-state index in [2.05, 4.69) is 4.98 Å². The van der Waals surface area contributed by atoms with Crippen molar-refractivity contribution in [2.45, 2.75) is 11.8 Å². The number of rotatable bonds is 2. The summed E-state index contributed by atoms with van der Waals surface area (Å²) in [6, 6.07) is 5.10. The molecule has 1 aromatic carbocycles. The first-order valence-corrected chi connectivity index (χ1v) is 6.54. The minimum absolute atomic E-state index is 0.139. The number of imidazole rings is 1. The average molecular weight is 251 g/mol. The Morgan fingerprint density at radius 2 is 2.06 bits per heavy atom. The Morgan fingerprint density at radius 3 is 2.59 bits per heavy atom. The van der Waals surface area contributed by atoms with Crippen LogP contribution in [0.2, 0.25) is 0 Å². The molecule has 0 radical (unpaired) electrons. The summed E-state index contributed by atoms with van der Waals surface area (Å²) in [5.74, 6) is 0.